The van der Waals surface area contributed by atoms with E-state index >= 15 is 0 Å². The van der Waals surface area contributed by atoms with Crippen LogP contribution in [0.15, 0.2) is 26.4 Å². The molecule has 0 aromatic carbocycles. The molecule has 0 saturated heterocycles. The Labute approximate surface area is 155 Å². The van der Waals surface area contributed by atoms with E-state index in [1.165, 1.54) is 10.8 Å². The van der Waals surface area contributed by atoms with Crippen molar-refractivity contribution in [3.05, 3.63) is 38.9 Å². The number of rotatable bonds is 6. The number of pyridine rings is 1. The van der Waals surface area contributed by atoms with E-state index < -0.39 is 11.2 Å². The summed E-state index contributed by atoms with van der Waals surface area (Å²) in [5.74, 6) is 0.863. The molecule has 3 aromatic rings. The van der Waals surface area contributed by atoms with E-state index in [1.54, 1.807) is 6.07 Å². The number of aromatic amines is 1. The Morgan fingerprint density at radius 3 is 2.85 bits per heavy atom. The van der Waals surface area contributed by atoms with Crippen molar-refractivity contribution in [3.63, 3.8) is 0 Å². The summed E-state index contributed by atoms with van der Waals surface area (Å²) in [6.07, 6.45) is 2.91. The van der Waals surface area contributed by atoms with Crippen molar-refractivity contribution in [2.45, 2.75) is 39.3 Å². The number of H-pyrrole nitrogens is 1. The topological polar surface area (TPSA) is 119 Å². The van der Waals surface area contributed by atoms with Gasteiger partial charge in [0.25, 0.3) is 11.4 Å². The predicted octanol–water partition coefficient (Wildman–Crippen LogP) is 1.12. The molecule has 0 aliphatic rings. The molecule has 26 heavy (non-hydrogen) atoms. The Morgan fingerprint density at radius 1 is 1.38 bits per heavy atom. The lowest BCUT2D eigenvalue weighted by molar-refractivity contribution is 0.418. The van der Waals surface area contributed by atoms with Crippen molar-refractivity contribution in [1.29, 1.82) is 0 Å². The van der Waals surface area contributed by atoms with E-state index in [0.717, 1.165) is 6.42 Å². The van der Waals surface area contributed by atoms with Crippen LogP contribution >= 0.6 is 12.4 Å². The van der Waals surface area contributed by atoms with E-state index in [0.29, 0.717) is 41.3 Å². The highest BCUT2D eigenvalue weighted by Crippen LogP contribution is 2.19. The number of hydrogen-bond donors (Lipinski definition) is 2. The van der Waals surface area contributed by atoms with Gasteiger partial charge in [-0.2, -0.15) is 4.98 Å². The number of fused-ring (bicyclic) bond motifs is 1. The summed E-state index contributed by atoms with van der Waals surface area (Å²) in [5, 5.41) is 7.37. The molecule has 0 radical (unpaired) electrons. The van der Waals surface area contributed by atoms with Crippen LogP contribution < -0.4 is 16.6 Å². The van der Waals surface area contributed by atoms with Crippen molar-refractivity contribution < 1.29 is 4.52 Å². The lowest BCUT2D eigenvalue weighted by Crippen LogP contribution is -2.30. The molecule has 140 valence electrons. The number of nitrogens with one attached hydrogen (secondary N) is 2. The molecule has 1 atom stereocenters. The predicted molar refractivity (Wildman–Crippen MR) is 99.7 cm³/mol. The van der Waals surface area contributed by atoms with Crippen molar-refractivity contribution in [1.82, 2.24) is 30.0 Å². The zero-order chi connectivity index (χ0) is 18.0. The average molecular weight is 381 g/mol. The SMILES string of the molecule is CCCn1c(=O)[nH]c(=O)c2cc(-c3nc(CC(C)NC)no3)cnc21.Cl. The third-order valence-electron chi connectivity index (χ3n) is 3.98. The second-order valence-corrected chi connectivity index (χ2v) is 5.92. The number of aromatic nitrogens is 5. The normalized spacial score (nSPS) is 12.1. The minimum atomic E-state index is -0.481. The molecule has 0 saturated carbocycles. The highest BCUT2D eigenvalue weighted by molar-refractivity contribution is 5.85. The molecule has 0 spiro atoms. The molecule has 2 N–H and O–H groups in total. The van der Waals surface area contributed by atoms with Gasteiger partial charge in [0.2, 0.25) is 0 Å². The third-order valence-corrected chi connectivity index (χ3v) is 3.98. The van der Waals surface area contributed by atoms with Gasteiger partial charge in [-0.05, 0) is 26.5 Å². The first-order valence-corrected chi connectivity index (χ1v) is 8.16. The Kier molecular flexibility index (Phi) is 6.27. The van der Waals surface area contributed by atoms with E-state index in [4.69, 9.17) is 4.52 Å². The fourth-order valence-corrected chi connectivity index (χ4v) is 2.55. The number of aryl methyl sites for hydroxylation is 1. The lowest BCUT2D eigenvalue weighted by atomic mass is 10.2. The monoisotopic (exact) mass is 380 g/mol. The Hall–Kier alpha value is -2.52. The zero-order valence-corrected chi connectivity index (χ0v) is 15.6. The quantitative estimate of drug-likeness (QED) is 0.657. The van der Waals surface area contributed by atoms with Gasteiger partial charge >= 0.3 is 5.69 Å². The molecule has 9 nitrogen and oxygen atoms in total. The summed E-state index contributed by atoms with van der Waals surface area (Å²) in [6, 6.07) is 1.83. The highest BCUT2D eigenvalue weighted by Gasteiger charge is 2.15. The molecule has 3 rings (SSSR count). The molecule has 3 aromatic heterocycles. The zero-order valence-electron chi connectivity index (χ0n) is 14.8. The van der Waals surface area contributed by atoms with Crippen LogP contribution in [0.2, 0.25) is 0 Å². The van der Waals surface area contributed by atoms with Crippen LogP contribution in [-0.2, 0) is 13.0 Å². The molecule has 0 aliphatic carbocycles. The summed E-state index contributed by atoms with van der Waals surface area (Å²) < 4.78 is 6.73. The molecule has 0 amide bonds. The van der Waals surface area contributed by atoms with Crippen LogP contribution in [-0.4, -0.2) is 37.8 Å². The summed E-state index contributed by atoms with van der Waals surface area (Å²) in [6.45, 7) is 4.44. The second-order valence-electron chi connectivity index (χ2n) is 5.92. The first-order valence-electron chi connectivity index (χ1n) is 8.16. The first-order chi connectivity index (χ1) is 12.0. The Bertz CT molecular complexity index is 1010. The standard InChI is InChI=1S/C16H20N6O3.ClH/c1-4-5-22-13-11(14(23)20-16(22)24)7-10(8-18-13)15-19-12(21-25-15)6-9(2)17-3;/h7-9,17H,4-6H2,1-3H3,(H,20,23,24);1H. The van der Waals surface area contributed by atoms with Crippen LogP contribution in [0.4, 0.5) is 0 Å². The van der Waals surface area contributed by atoms with Crippen LogP contribution in [0.3, 0.4) is 0 Å². The van der Waals surface area contributed by atoms with Crippen molar-refractivity contribution in [3.8, 4) is 11.5 Å². The minimum absolute atomic E-state index is 0. The Morgan fingerprint density at radius 2 is 2.15 bits per heavy atom. The van der Waals surface area contributed by atoms with Crippen LogP contribution in [0.1, 0.15) is 26.1 Å². The lowest BCUT2D eigenvalue weighted by Gasteiger charge is -2.07. The third kappa shape index (κ3) is 3.83. The van der Waals surface area contributed by atoms with Gasteiger partial charge in [-0.1, -0.05) is 12.1 Å². The van der Waals surface area contributed by atoms with Gasteiger partial charge in [0.1, 0.15) is 5.65 Å². The maximum absolute atomic E-state index is 12.1. The second kappa shape index (κ2) is 8.24. The molecule has 3 heterocycles. The van der Waals surface area contributed by atoms with Crippen LogP contribution in [0, 0.1) is 0 Å². The summed E-state index contributed by atoms with van der Waals surface area (Å²) in [5.41, 5.74) is -0.0515. The molecule has 10 heteroatoms. The largest absolute Gasteiger partial charge is 0.334 e. The first kappa shape index (κ1) is 19.8. The van der Waals surface area contributed by atoms with E-state index in [9.17, 15) is 9.59 Å². The molecule has 0 bridgehead atoms. The van der Waals surface area contributed by atoms with Crippen LogP contribution in [0.25, 0.3) is 22.5 Å². The van der Waals surface area contributed by atoms with Gasteiger partial charge in [0, 0.05) is 25.2 Å². The van der Waals surface area contributed by atoms with Gasteiger partial charge in [0.15, 0.2) is 5.82 Å². The number of hydrogen-bond acceptors (Lipinski definition) is 7. The molecule has 1 unspecified atom stereocenters. The van der Waals surface area contributed by atoms with E-state index in [1.807, 2.05) is 20.9 Å². The Balaban J connectivity index is 0.00000243. The van der Waals surface area contributed by atoms with Gasteiger partial charge in [-0.25, -0.2) is 9.78 Å². The average Bonchev–Trinajstić information content (AvgIpc) is 3.06. The highest BCUT2D eigenvalue weighted by atomic mass is 35.5. The minimum Gasteiger partial charge on any atom is -0.334 e. The fourth-order valence-electron chi connectivity index (χ4n) is 2.55. The van der Waals surface area contributed by atoms with Crippen molar-refractivity contribution in [2.75, 3.05) is 7.05 Å². The summed E-state index contributed by atoms with van der Waals surface area (Å²) in [4.78, 5) is 35.1. The van der Waals surface area contributed by atoms with Crippen molar-refractivity contribution >= 4 is 23.4 Å². The smallest absolute Gasteiger partial charge is 0.329 e. The maximum Gasteiger partial charge on any atom is 0.329 e. The summed E-state index contributed by atoms with van der Waals surface area (Å²) >= 11 is 0. The van der Waals surface area contributed by atoms with Gasteiger partial charge in [-0.3, -0.25) is 14.3 Å². The van der Waals surface area contributed by atoms with Crippen molar-refractivity contribution in [2.24, 2.45) is 0 Å². The number of halogens is 1. The number of nitrogens with zero attached hydrogens (tertiary/aromatic N) is 4. The van der Waals surface area contributed by atoms with E-state index in [-0.39, 0.29) is 18.4 Å². The van der Waals surface area contributed by atoms with E-state index in [2.05, 4.69) is 25.4 Å². The fraction of sp³-hybridized carbons (Fsp3) is 0.438. The maximum atomic E-state index is 12.1. The summed E-state index contributed by atoms with van der Waals surface area (Å²) in [7, 11) is 1.86. The van der Waals surface area contributed by atoms with Gasteiger partial charge in [0.05, 0.1) is 10.9 Å². The van der Waals surface area contributed by atoms with Gasteiger partial charge in [-0.15, -0.1) is 12.4 Å². The molecule has 0 fully saturated rings. The molecular formula is C16H21ClN6O3. The van der Waals surface area contributed by atoms with Gasteiger partial charge < -0.3 is 9.84 Å². The van der Waals surface area contributed by atoms with Crippen LogP contribution in [0.5, 0.6) is 0 Å². The molecular weight excluding hydrogens is 360 g/mol. The number of likely N-dealkylation sites (N-methyl/N-ethyl adjacent to an activating group) is 1. The molecule has 0 aliphatic heterocycles.